The average Bonchev–Trinajstić information content (AvgIpc) is 2.26. The fraction of sp³-hybridized carbons (Fsp3) is 1.00. The van der Waals surface area contributed by atoms with E-state index in [0.29, 0.717) is 19.6 Å². The van der Waals surface area contributed by atoms with Gasteiger partial charge in [-0.2, -0.15) is 0 Å². The van der Waals surface area contributed by atoms with Crippen LogP contribution in [0.3, 0.4) is 0 Å². The van der Waals surface area contributed by atoms with Crippen LogP contribution in [-0.2, 0) is 0 Å². The Bertz CT molecular complexity index is 171. The van der Waals surface area contributed by atoms with E-state index in [9.17, 15) is 5.11 Å². The van der Waals surface area contributed by atoms with Crippen molar-refractivity contribution in [1.82, 2.24) is 15.5 Å². The SMILES string of the molecule is CC(O)CN(CCNCCNCCN)CC(N)O. The van der Waals surface area contributed by atoms with Crippen LogP contribution in [0.1, 0.15) is 6.92 Å². The summed E-state index contributed by atoms with van der Waals surface area (Å²) in [4.78, 5) is 1.94. The van der Waals surface area contributed by atoms with Gasteiger partial charge in [0.1, 0.15) is 6.23 Å². The summed E-state index contributed by atoms with van der Waals surface area (Å²) in [6.07, 6.45) is -1.29. The van der Waals surface area contributed by atoms with E-state index < -0.39 is 12.3 Å². The van der Waals surface area contributed by atoms with Gasteiger partial charge in [0.25, 0.3) is 0 Å². The standard InChI is InChI=1S/C11H29N5O2/c1-10(17)8-16(9-11(13)18)7-6-15-5-4-14-3-2-12/h10-11,14-15,17-18H,2-9,12-13H2,1H3. The number of hydrogen-bond acceptors (Lipinski definition) is 7. The first-order chi connectivity index (χ1) is 8.56. The van der Waals surface area contributed by atoms with E-state index in [0.717, 1.165) is 32.7 Å². The minimum atomic E-state index is -0.866. The Balaban J connectivity index is 3.56. The van der Waals surface area contributed by atoms with Crippen molar-refractivity contribution in [2.75, 3.05) is 52.4 Å². The Kier molecular flexibility index (Phi) is 11.6. The van der Waals surface area contributed by atoms with E-state index in [2.05, 4.69) is 10.6 Å². The molecule has 0 aliphatic heterocycles. The van der Waals surface area contributed by atoms with Gasteiger partial charge >= 0.3 is 0 Å². The van der Waals surface area contributed by atoms with Crippen molar-refractivity contribution in [1.29, 1.82) is 0 Å². The highest BCUT2D eigenvalue weighted by atomic mass is 16.3. The number of nitrogens with two attached hydrogens (primary N) is 2. The maximum atomic E-state index is 9.33. The summed E-state index contributed by atoms with van der Waals surface area (Å²) in [5.41, 5.74) is 10.7. The summed E-state index contributed by atoms with van der Waals surface area (Å²) in [5.74, 6) is 0. The first-order valence-corrected chi connectivity index (χ1v) is 6.51. The van der Waals surface area contributed by atoms with Crippen molar-refractivity contribution in [3.63, 3.8) is 0 Å². The van der Waals surface area contributed by atoms with Crippen molar-refractivity contribution in [2.45, 2.75) is 19.3 Å². The maximum absolute atomic E-state index is 9.33. The molecule has 0 aliphatic rings. The molecule has 0 spiro atoms. The normalized spacial score (nSPS) is 15.0. The molecule has 0 rings (SSSR count). The lowest BCUT2D eigenvalue weighted by molar-refractivity contribution is 0.0794. The van der Waals surface area contributed by atoms with Crippen LogP contribution >= 0.6 is 0 Å². The maximum Gasteiger partial charge on any atom is 0.115 e. The van der Waals surface area contributed by atoms with Crippen molar-refractivity contribution < 1.29 is 10.2 Å². The predicted octanol–water partition coefficient (Wildman–Crippen LogP) is -2.92. The van der Waals surface area contributed by atoms with Gasteiger partial charge in [-0.25, -0.2) is 0 Å². The fourth-order valence-electron chi connectivity index (χ4n) is 1.66. The summed E-state index contributed by atoms with van der Waals surface area (Å²) >= 11 is 0. The second-order valence-electron chi connectivity index (χ2n) is 4.46. The molecule has 0 fully saturated rings. The molecule has 18 heavy (non-hydrogen) atoms. The van der Waals surface area contributed by atoms with Crippen LogP contribution in [0.5, 0.6) is 0 Å². The zero-order chi connectivity index (χ0) is 13.8. The molecule has 0 aliphatic carbocycles. The zero-order valence-electron chi connectivity index (χ0n) is 11.3. The van der Waals surface area contributed by atoms with Gasteiger partial charge in [0.2, 0.25) is 0 Å². The lowest BCUT2D eigenvalue weighted by Crippen LogP contribution is -2.44. The molecule has 7 heteroatoms. The van der Waals surface area contributed by atoms with E-state index in [1.54, 1.807) is 6.92 Å². The van der Waals surface area contributed by atoms with E-state index in [4.69, 9.17) is 16.6 Å². The predicted molar refractivity (Wildman–Crippen MR) is 73.1 cm³/mol. The van der Waals surface area contributed by atoms with E-state index in [-0.39, 0.29) is 0 Å². The number of aliphatic hydroxyl groups is 2. The molecule has 0 saturated heterocycles. The largest absolute Gasteiger partial charge is 0.392 e. The Morgan fingerprint density at radius 2 is 1.67 bits per heavy atom. The lowest BCUT2D eigenvalue weighted by atomic mass is 10.3. The molecule has 2 atom stereocenters. The van der Waals surface area contributed by atoms with Gasteiger partial charge < -0.3 is 32.3 Å². The van der Waals surface area contributed by atoms with Gasteiger partial charge in [-0.15, -0.1) is 0 Å². The summed E-state index contributed by atoms with van der Waals surface area (Å²) in [7, 11) is 0. The highest BCUT2D eigenvalue weighted by Crippen LogP contribution is 1.92. The molecule has 110 valence electrons. The van der Waals surface area contributed by atoms with Crippen molar-refractivity contribution in [2.24, 2.45) is 11.5 Å². The van der Waals surface area contributed by atoms with Crippen molar-refractivity contribution in [3.8, 4) is 0 Å². The van der Waals surface area contributed by atoms with Crippen LogP contribution in [0.15, 0.2) is 0 Å². The molecule has 0 aromatic rings. The summed E-state index contributed by atoms with van der Waals surface area (Å²) in [5, 5.41) is 24.9. The van der Waals surface area contributed by atoms with E-state index >= 15 is 0 Å². The second kappa shape index (κ2) is 11.8. The Labute approximate surface area is 110 Å². The third-order valence-corrected chi connectivity index (χ3v) is 2.37. The van der Waals surface area contributed by atoms with Gasteiger partial charge in [-0.1, -0.05) is 0 Å². The molecule has 0 aromatic heterocycles. The first-order valence-electron chi connectivity index (χ1n) is 6.51. The number of hydrogen-bond donors (Lipinski definition) is 6. The van der Waals surface area contributed by atoms with Crippen LogP contribution < -0.4 is 22.1 Å². The number of aliphatic hydroxyl groups excluding tert-OH is 2. The second-order valence-corrected chi connectivity index (χ2v) is 4.46. The molecule has 7 nitrogen and oxygen atoms in total. The molecule has 0 amide bonds. The number of nitrogens with zero attached hydrogens (tertiary/aromatic N) is 1. The smallest absolute Gasteiger partial charge is 0.115 e. The van der Waals surface area contributed by atoms with Crippen LogP contribution in [0.2, 0.25) is 0 Å². The number of rotatable bonds is 12. The number of nitrogens with one attached hydrogen (secondary N) is 2. The monoisotopic (exact) mass is 263 g/mol. The van der Waals surface area contributed by atoms with Gasteiger partial charge in [0.15, 0.2) is 0 Å². The fourth-order valence-corrected chi connectivity index (χ4v) is 1.66. The molecular weight excluding hydrogens is 234 g/mol. The summed E-state index contributed by atoms with van der Waals surface area (Å²) in [6.45, 7) is 7.38. The van der Waals surface area contributed by atoms with Crippen LogP contribution in [0.4, 0.5) is 0 Å². The van der Waals surface area contributed by atoms with Crippen LogP contribution in [0.25, 0.3) is 0 Å². The van der Waals surface area contributed by atoms with Gasteiger partial charge in [-0.3, -0.25) is 4.90 Å². The van der Waals surface area contributed by atoms with E-state index in [1.807, 2.05) is 4.90 Å². The molecule has 0 saturated carbocycles. The molecular formula is C11H29N5O2. The van der Waals surface area contributed by atoms with Gasteiger partial charge in [0.05, 0.1) is 6.10 Å². The molecule has 0 bridgehead atoms. The highest BCUT2D eigenvalue weighted by Gasteiger charge is 2.10. The average molecular weight is 263 g/mol. The minimum absolute atomic E-state index is 0.373. The molecule has 8 N–H and O–H groups in total. The molecule has 0 aromatic carbocycles. The quantitative estimate of drug-likeness (QED) is 0.165. The lowest BCUT2D eigenvalue weighted by Gasteiger charge is -2.24. The third kappa shape index (κ3) is 12.2. The Morgan fingerprint density at radius 3 is 2.17 bits per heavy atom. The zero-order valence-corrected chi connectivity index (χ0v) is 11.3. The van der Waals surface area contributed by atoms with Crippen LogP contribution in [0, 0.1) is 0 Å². The van der Waals surface area contributed by atoms with Gasteiger partial charge in [-0.05, 0) is 6.92 Å². The Hall–Kier alpha value is -0.280. The van der Waals surface area contributed by atoms with Crippen molar-refractivity contribution in [3.05, 3.63) is 0 Å². The molecule has 2 unspecified atom stereocenters. The minimum Gasteiger partial charge on any atom is -0.392 e. The first kappa shape index (κ1) is 17.7. The third-order valence-electron chi connectivity index (χ3n) is 2.37. The van der Waals surface area contributed by atoms with E-state index in [1.165, 1.54) is 0 Å². The summed E-state index contributed by atoms with van der Waals surface area (Å²) < 4.78 is 0. The molecule has 0 heterocycles. The van der Waals surface area contributed by atoms with Crippen molar-refractivity contribution >= 4 is 0 Å². The topological polar surface area (TPSA) is 120 Å². The van der Waals surface area contributed by atoms with Gasteiger partial charge in [0, 0.05) is 52.4 Å². The highest BCUT2D eigenvalue weighted by molar-refractivity contribution is 4.65. The van der Waals surface area contributed by atoms with Crippen LogP contribution in [-0.4, -0.2) is 79.8 Å². The molecule has 0 radical (unpaired) electrons. The summed E-state index contributed by atoms with van der Waals surface area (Å²) in [6, 6.07) is 0. The Morgan fingerprint density at radius 1 is 1.06 bits per heavy atom.